The molecule has 0 saturated carbocycles. The van der Waals surface area contributed by atoms with E-state index >= 15 is 0 Å². The molecule has 31 heavy (non-hydrogen) atoms. The molecule has 3 aromatic rings. The summed E-state index contributed by atoms with van der Waals surface area (Å²) in [5.74, 6) is 2.73. The summed E-state index contributed by atoms with van der Waals surface area (Å²) in [7, 11) is 3.26. The molecule has 0 bridgehead atoms. The van der Waals surface area contributed by atoms with E-state index in [0.717, 1.165) is 35.2 Å². The summed E-state index contributed by atoms with van der Waals surface area (Å²) in [5, 5.41) is 8.20. The third-order valence-electron chi connectivity index (χ3n) is 5.91. The Kier molecular flexibility index (Phi) is 4.73. The first-order valence-electron chi connectivity index (χ1n) is 10.4. The molecule has 0 fully saturated rings. The van der Waals surface area contributed by atoms with Gasteiger partial charge >= 0.3 is 0 Å². The van der Waals surface area contributed by atoms with E-state index in [4.69, 9.17) is 19.6 Å². The van der Waals surface area contributed by atoms with Gasteiger partial charge in [-0.25, -0.2) is 4.68 Å². The van der Waals surface area contributed by atoms with Crippen LogP contribution in [0.2, 0.25) is 0 Å². The zero-order chi connectivity index (χ0) is 21.5. The molecule has 1 unspecified atom stereocenters. The number of methoxy groups -OCH3 is 2. The Labute approximate surface area is 180 Å². The van der Waals surface area contributed by atoms with E-state index in [1.807, 2.05) is 49.4 Å². The number of fused-ring (bicyclic) bond motifs is 1. The number of ketones is 1. The van der Waals surface area contributed by atoms with Crippen LogP contribution in [0.1, 0.15) is 36.4 Å². The molecule has 7 nitrogen and oxygen atoms in total. The summed E-state index contributed by atoms with van der Waals surface area (Å²) in [6.45, 7) is 2.05. The van der Waals surface area contributed by atoms with Gasteiger partial charge in [0.2, 0.25) is 5.95 Å². The van der Waals surface area contributed by atoms with Crippen LogP contribution in [0.5, 0.6) is 11.5 Å². The van der Waals surface area contributed by atoms with Crippen LogP contribution >= 0.6 is 0 Å². The van der Waals surface area contributed by atoms with Crippen molar-refractivity contribution in [2.45, 2.75) is 32.2 Å². The van der Waals surface area contributed by atoms with Crippen molar-refractivity contribution >= 4 is 11.7 Å². The van der Waals surface area contributed by atoms with Crippen LogP contribution in [0.3, 0.4) is 0 Å². The lowest BCUT2D eigenvalue weighted by Crippen LogP contribution is -2.31. The first-order valence-corrected chi connectivity index (χ1v) is 10.4. The summed E-state index contributed by atoms with van der Waals surface area (Å²) in [6, 6.07) is 13.3. The Morgan fingerprint density at radius 1 is 1.06 bits per heavy atom. The maximum absolute atomic E-state index is 13.1. The largest absolute Gasteiger partial charge is 0.497 e. The molecule has 1 N–H and O–H groups in total. The van der Waals surface area contributed by atoms with Crippen molar-refractivity contribution in [1.82, 2.24) is 14.8 Å². The van der Waals surface area contributed by atoms with Gasteiger partial charge in [-0.1, -0.05) is 29.8 Å². The fourth-order valence-electron chi connectivity index (χ4n) is 4.32. The molecule has 0 saturated heterocycles. The molecule has 1 atom stereocenters. The van der Waals surface area contributed by atoms with Crippen LogP contribution in [0.25, 0.3) is 11.4 Å². The Morgan fingerprint density at radius 3 is 2.61 bits per heavy atom. The third-order valence-corrected chi connectivity index (χ3v) is 5.91. The van der Waals surface area contributed by atoms with E-state index in [1.54, 1.807) is 18.9 Å². The Bertz CT molecular complexity index is 1190. The van der Waals surface area contributed by atoms with Crippen molar-refractivity contribution in [3.8, 4) is 22.9 Å². The number of Topliss-reactive ketones (excluding diaryl/α,β-unsaturated/α-hetero) is 1. The fourth-order valence-corrected chi connectivity index (χ4v) is 4.32. The van der Waals surface area contributed by atoms with Gasteiger partial charge < -0.3 is 14.8 Å². The molecule has 1 aliphatic heterocycles. The number of aromatic nitrogens is 3. The van der Waals surface area contributed by atoms with Gasteiger partial charge in [-0.05, 0) is 38.0 Å². The van der Waals surface area contributed by atoms with Gasteiger partial charge in [0, 0.05) is 28.8 Å². The number of benzene rings is 2. The maximum atomic E-state index is 13.1. The predicted octanol–water partition coefficient (Wildman–Crippen LogP) is 4.29. The lowest BCUT2D eigenvalue weighted by atomic mass is 9.85. The Hall–Kier alpha value is -3.61. The first-order chi connectivity index (χ1) is 15.1. The van der Waals surface area contributed by atoms with Crippen molar-refractivity contribution in [3.63, 3.8) is 0 Å². The standard InChI is InChI=1S/C24H24N4O3/c1-14-7-9-15(10-8-14)23-26-24-25-18-5-4-6-19(29)21(18)22(28(24)27-23)17-13-16(30-2)11-12-20(17)31-3/h7-13,22H,4-6H2,1-3H3,(H,25,26,27). The van der Waals surface area contributed by atoms with Crippen LogP contribution in [-0.2, 0) is 4.79 Å². The van der Waals surface area contributed by atoms with Crippen LogP contribution in [-0.4, -0.2) is 34.8 Å². The Morgan fingerprint density at radius 2 is 1.87 bits per heavy atom. The molecular weight excluding hydrogens is 392 g/mol. The molecule has 2 aromatic carbocycles. The molecule has 7 heteroatoms. The van der Waals surface area contributed by atoms with E-state index in [2.05, 4.69) is 5.32 Å². The molecule has 1 aliphatic carbocycles. The number of carbonyl (C=O) groups excluding carboxylic acids is 1. The highest BCUT2D eigenvalue weighted by Gasteiger charge is 2.38. The molecule has 158 valence electrons. The Balaban J connectivity index is 1.71. The number of anilines is 1. The van der Waals surface area contributed by atoms with Crippen molar-refractivity contribution in [1.29, 1.82) is 0 Å². The summed E-state index contributed by atoms with van der Waals surface area (Å²) in [6.07, 6.45) is 2.15. The smallest absolute Gasteiger partial charge is 0.226 e. The van der Waals surface area contributed by atoms with Gasteiger partial charge in [-0.2, -0.15) is 4.98 Å². The minimum Gasteiger partial charge on any atom is -0.497 e. The van der Waals surface area contributed by atoms with Crippen LogP contribution in [0, 0.1) is 6.92 Å². The molecule has 1 aromatic heterocycles. The van der Waals surface area contributed by atoms with Crippen LogP contribution < -0.4 is 14.8 Å². The first kappa shape index (κ1) is 19.4. The number of allylic oxidation sites excluding steroid dienone is 2. The molecule has 2 aliphatic rings. The third kappa shape index (κ3) is 3.26. The molecule has 0 spiro atoms. The molecule has 5 rings (SSSR count). The number of ether oxygens (including phenoxy) is 2. The lowest BCUT2D eigenvalue weighted by molar-refractivity contribution is -0.116. The monoisotopic (exact) mass is 416 g/mol. The van der Waals surface area contributed by atoms with E-state index in [9.17, 15) is 4.79 Å². The fraction of sp³-hybridized carbons (Fsp3) is 0.292. The van der Waals surface area contributed by atoms with Gasteiger partial charge in [-0.15, -0.1) is 5.10 Å². The normalized spacial score (nSPS) is 17.6. The SMILES string of the molecule is COc1ccc(OC)c(C2C3=C(CCCC3=O)Nc3nc(-c4ccc(C)cc4)nn32)c1. The minimum absolute atomic E-state index is 0.127. The molecule has 0 amide bonds. The van der Waals surface area contributed by atoms with Gasteiger partial charge in [-0.3, -0.25) is 4.79 Å². The van der Waals surface area contributed by atoms with Gasteiger partial charge in [0.25, 0.3) is 0 Å². The van der Waals surface area contributed by atoms with Crippen LogP contribution in [0.4, 0.5) is 5.95 Å². The summed E-state index contributed by atoms with van der Waals surface area (Å²) in [4.78, 5) is 17.8. The highest BCUT2D eigenvalue weighted by molar-refractivity contribution is 5.99. The molecular formula is C24H24N4O3. The second kappa shape index (κ2) is 7.58. The summed E-state index contributed by atoms with van der Waals surface area (Å²) >= 11 is 0. The highest BCUT2D eigenvalue weighted by Crippen LogP contribution is 2.44. The molecule has 0 radical (unpaired) electrons. The topological polar surface area (TPSA) is 78.3 Å². The molecule has 2 heterocycles. The van der Waals surface area contributed by atoms with E-state index < -0.39 is 6.04 Å². The predicted molar refractivity (Wildman–Crippen MR) is 117 cm³/mol. The minimum atomic E-state index is -0.434. The van der Waals surface area contributed by atoms with Gasteiger partial charge in [0.05, 0.1) is 14.2 Å². The second-order valence-corrected chi connectivity index (χ2v) is 7.87. The van der Waals surface area contributed by atoms with Crippen molar-refractivity contribution in [3.05, 3.63) is 64.9 Å². The zero-order valence-electron chi connectivity index (χ0n) is 17.8. The van der Waals surface area contributed by atoms with Crippen molar-refractivity contribution in [2.24, 2.45) is 0 Å². The van der Waals surface area contributed by atoms with Crippen LogP contribution in [0.15, 0.2) is 53.7 Å². The quantitative estimate of drug-likeness (QED) is 0.684. The number of nitrogens with zero attached hydrogens (tertiary/aromatic N) is 3. The maximum Gasteiger partial charge on any atom is 0.226 e. The summed E-state index contributed by atoms with van der Waals surface area (Å²) in [5.41, 5.74) is 4.57. The van der Waals surface area contributed by atoms with Gasteiger partial charge in [0.15, 0.2) is 11.6 Å². The highest BCUT2D eigenvalue weighted by atomic mass is 16.5. The number of carbonyl (C=O) groups is 1. The zero-order valence-corrected chi connectivity index (χ0v) is 17.8. The average molecular weight is 416 g/mol. The number of hydrogen-bond acceptors (Lipinski definition) is 6. The average Bonchev–Trinajstić information content (AvgIpc) is 3.21. The van der Waals surface area contributed by atoms with Crippen molar-refractivity contribution < 1.29 is 14.3 Å². The number of nitrogens with one attached hydrogen (secondary N) is 1. The van der Waals surface area contributed by atoms with E-state index in [-0.39, 0.29) is 5.78 Å². The van der Waals surface area contributed by atoms with E-state index in [1.165, 1.54) is 5.56 Å². The number of aryl methyl sites for hydroxylation is 1. The lowest BCUT2D eigenvalue weighted by Gasteiger charge is -2.32. The van der Waals surface area contributed by atoms with Gasteiger partial charge in [0.1, 0.15) is 17.5 Å². The number of hydrogen-bond donors (Lipinski definition) is 1. The van der Waals surface area contributed by atoms with Crippen molar-refractivity contribution in [2.75, 3.05) is 19.5 Å². The second-order valence-electron chi connectivity index (χ2n) is 7.87. The van der Waals surface area contributed by atoms with E-state index in [0.29, 0.717) is 29.7 Å². The number of rotatable bonds is 4. The summed E-state index contributed by atoms with van der Waals surface area (Å²) < 4.78 is 12.9.